The fraction of sp³-hybridized carbons (Fsp3) is 0.100. The van der Waals surface area contributed by atoms with Crippen LogP contribution in [-0.2, 0) is 6.54 Å². The van der Waals surface area contributed by atoms with E-state index >= 15 is 0 Å². The van der Waals surface area contributed by atoms with Gasteiger partial charge in [-0.1, -0.05) is 11.6 Å². The van der Waals surface area contributed by atoms with Crippen LogP contribution in [0.2, 0.25) is 5.02 Å². The van der Waals surface area contributed by atoms with E-state index in [1.54, 1.807) is 12.5 Å². The number of benzene rings is 1. The second kappa shape index (κ2) is 4.35. The maximum Gasteiger partial charge on any atom is 0.0995 e. The van der Waals surface area contributed by atoms with Crippen molar-refractivity contribution in [1.82, 2.24) is 9.55 Å². The van der Waals surface area contributed by atoms with Crippen LogP contribution in [0.4, 0.5) is 0 Å². The molecule has 5 heteroatoms. The summed E-state index contributed by atoms with van der Waals surface area (Å²) in [6.07, 6.45) is 3.48. The van der Waals surface area contributed by atoms with Crippen LogP contribution < -0.4 is 5.73 Å². The molecular weight excluding hydrogens is 277 g/mol. The Morgan fingerprint density at radius 2 is 2.27 bits per heavy atom. The smallest absolute Gasteiger partial charge is 0.0995 e. The van der Waals surface area contributed by atoms with E-state index in [9.17, 15) is 0 Å². The van der Waals surface area contributed by atoms with Gasteiger partial charge in [-0.25, -0.2) is 4.98 Å². The highest BCUT2D eigenvalue weighted by Crippen LogP contribution is 2.25. The first-order valence-corrected chi connectivity index (χ1v) is 5.56. The quantitative estimate of drug-likeness (QED) is 0.922. The van der Waals surface area contributed by atoms with Crippen molar-refractivity contribution in [1.29, 1.82) is 0 Å². The standard InChI is InChI=1S/C10H9BrClN3/c11-9-3-7(12)1-2-10(9)15-6-14-5-8(15)4-13/h1-3,5-6H,4,13H2. The Kier molecular flexibility index (Phi) is 3.09. The zero-order valence-electron chi connectivity index (χ0n) is 7.82. The van der Waals surface area contributed by atoms with Crippen molar-refractivity contribution in [3.8, 4) is 5.69 Å². The summed E-state index contributed by atoms with van der Waals surface area (Å²) in [5, 5.41) is 0.694. The Balaban J connectivity index is 2.54. The van der Waals surface area contributed by atoms with Gasteiger partial charge >= 0.3 is 0 Å². The largest absolute Gasteiger partial charge is 0.325 e. The van der Waals surface area contributed by atoms with Crippen LogP contribution in [-0.4, -0.2) is 9.55 Å². The molecule has 0 amide bonds. The molecule has 78 valence electrons. The van der Waals surface area contributed by atoms with Crippen molar-refractivity contribution in [3.63, 3.8) is 0 Å². The minimum atomic E-state index is 0.453. The van der Waals surface area contributed by atoms with E-state index in [0.29, 0.717) is 11.6 Å². The third-order valence-electron chi connectivity index (χ3n) is 2.09. The molecule has 1 heterocycles. The van der Waals surface area contributed by atoms with Gasteiger partial charge in [0, 0.05) is 22.2 Å². The highest BCUT2D eigenvalue weighted by Gasteiger charge is 2.06. The van der Waals surface area contributed by atoms with Crippen molar-refractivity contribution in [2.24, 2.45) is 5.73 Å². The maximum atomic E-state index is 5.87. The molecule has 0 atom stereocenters. The number of imidazole rings is 1. The summed E-state index contributed by atoms with van der Waals surface area (Å²) < 4.78 is 2.85. The maximum absolute atomic E-state index is 5.87. The molecule has 0 saturated carbocycles. The summed E-state index contributed by atoms with van der Waals surface area (Å²) in [6.45, 7) is 0.453. The third-order valence-corrected chi connectivity index (χ3v) is 2.96. The summed E-state index contributed by atoms with van der Waals surface area (Å²) in [5.74, 6) is 0. The number of nitrogens with zero attached hydrogens (tertiary/aromatic N) is 2. The number of rotatable bonds is 2. The normalized spacial score (nSPS) is 10.6. The summed E-state index contributed by atoms with van der Waals surface area (Å²) in [4.78, 5) is 4.06. The summed E-state index contributed by atoms with van der Waals surface area (Å²) in [7, 11) is 0. The van der Waals surface area contributed by atoms with Gasteiger partial charge in [-0.05, 0) is 34.1 Å². The molecule has 0 aliphatic rings. The van der Waals surface area contributed by atoms with Crippen molar-refractivity contribution in [2.45, 2.75) is 6.54 Å². The molecule has 15 heavy (non-hydrogen) atoms. The average molecular weight is 287 g/mol. The van der Waals surface area contributed by atoms with E-state index < -0.39 is 0 Å². The molecular formula is C10H9BrClN3. The minimum Gasteiger partial charge on any atom is -0.325 e. The molecule has 1 aromatic carbocycles. The Bertz CT molecular complexity index is 481. The Morgan fingerprint density at radius 1 is 1.47 bits per heavy atom. The van der Waals surface area contributed by atoms with Crippen LogP contribution >= 0.6 is 27.5 Å². The molecule has 0 fully saturated rings. The monoisotopic (exact) mass is 285 g/mol. The number of nitrogens with two attached hydrogens (primary N) is 1. The summed E-state index contributed by atoms with van der Waals surface area (Å²) in [5.41, 5.74) is 7.55. The molecule has 0 spiro atoms. The van der Waals surface area contributed by atoms with E-state index in [0.717, 1.165) is 15.9 Å². The lowest BCUT2D eigenvalue weighted by Gasteiger charge is -2.08. The van der Waals surface area contributed by atoms with E-state index in [1.165, 1.54) is 0 Å². The van der Waals surface area contributed by atoms with Crippen LogP contribution in [0.25, 0.3) is 5.69 Å². The second-order valence-corrected chi connectivity index (χ2v) is 4.35. The molecule has 0 aliphatic carbocycles. The van der Waals surface area contributed by atoms with Crippen LogP contribution in [0, 0.1) is 0 Å². The molecule has 2 N–H and O–H groups in total. The molecule has 0 saturated heterocycles. The molecule has 0 bridgehead atoms. The van der Waals surface area contributed by atoms with Crippen LogP contribution in [0.15, 0.2) is 35.2 Å². The molecule has 0 aliphatic heterocycles. The number of aromatic nitrogens is 2. The van der Waals surface area contributed by atoms with Crippen LogP contribution in [0.3, 0.4) is 0 Å². The molecule has 1 aromatic heterocycles. The van der Waals surface area contributed by atoms with E-state index in [-0.39, 0.29) is 0 Å². The van der Waals surface area contributed by atoms with Gasteiger partial charge in [0.25, 0.3) is 0 Å². The van der Waals surface area contributed by atoms with E-state index in [2.05, 4.69) is 20.9 Å². The average Bonchev–Trinajstić information content (AvgIpc) is 2.65. The number of hydrogen-bond acceptors (Lipinski definition) is 2. The van der Waals surface area contributed by atoms with Gasteiger partial charge in [0.1, 0.15) is 0 Å². The topological polar surface area (TPSA) is 43.8 Å². The van der Waals surface area contributed by atoms with Crippen LogP contribution in [0.1, 0.15) is 5.69 Å². The fourth-order valence-corrected chi connectivity index (χ4v) is 2.24. The van der Waals surface area contributed by atoms with Gasteiger partial charge in [-0.2, -0.15) is 0 Å². The van der Waals surface area contributed by atoms with Gasteiger partial charge < -0.3 is 10.3 Å². The van der Waals surface area contributed by atoms with Crippen molar-refractivity contribution >= 4 is 27.5 Å². The lowest BCUT2D eigenvalue weighted by Crippen LogP contribution is -2.04. The van der Waals surface area contributed by atoms with E-state index in [1.807, 2.05) is 22.8 Å². The van der Waals surface area contributed by atoms with Crippen molar-refractivity contribution < 1.29 is 0 Å². The Labute approximate surface area is 101 Å². The zero-order valence-corrected chi connectivity index (χ0v) is 10.2. The SMILES string of the molecule is NCc1cncn1-c1ccc(Cl)cc1Br. The van der Waals surface area contributed by atoms with Crippen molar-refractivity contribution in [2.75, 3.05) is 0 Å². The minimum absolute atomic E-state index is 0.453. The molecule has 2 rings (SSSR count). The van der Waals surface area contributed by atoms with Gasteiger partial charge in [0.15, 0.2) is 0 Å². The lowest BCUT2D eigenvalue weighted by molar-refractivity contribution is 0.907. The van der Waals surface area contributed by atoms with Gasteiger partial charge in [-0.15, -0.1) is 0 Å². The van der Waals surface area contributed by atoms with Gasteiger partial charge in [0.2, 0.25) is 0 Å². The molecule has 3 nitrogen and oxygen atoms in total. The number of halogens is 2. The molecule has 2 aromatic rings. The predicted octanol–water partition coefficient (Wildman–Crippen LogP) is 2.75. The van der Waals surface area contributed by atoms with E-state index in [4.69, 9.17) is 17.3 Å². The Morgan fingerprint density at radius 3 is 2.93 bits per heavy atom. The first-order valence-electron chi connectivity index (χ1n) is 4.39. The van der Waals surface area contributed by atoms with Gasteiger partial charge in [-0.3, -0.25) is 0 Å². The highest BCUT2D eigenvalue weighted by atomic mass is 79.9. The zero-order chi connectivity index (χ0) is 10.8. The third kappa shape index (κ3) is 2.07. The highest BCUT2D eigenvalue weighted by molar-refractivity contribution is 9.10. The lowest BCUT2D eigenvalue weighted by atomic mass is 10.3. The Hall–Kier alpha value is -0.840. The van der Waals surface area contributed by atoms with Crippen LogP contribution in [0.5, 0.6) is 0 Å². The molecule has 0 radical (unpaired) electrons. The predicted molar refractivity (Wildman–Crippen MR) is 64.2 cm³/mol. The second-order valence-electron chi connectivity index (χ2n) is 3.05. The number of hydrogen-bond donors (Lipinski definition) is 1. The summed E-state index contributed by atoms with van der Waals surface area (Å²) >= 11 is 9.33. The summed E-state index contributed by atoms with van der Waals surface area (Å²) in [6, 6.07) is 5.60. The fourth-order valence-electron chi connectivity index (χ4n) is 1.37. The van der Waals surface area contributed by atoms with Crippen molar-refractivity contribution in [3.05, 3.63) is 45.9 Å². The molecule has 0 unspecified atom stereocenters. The first kappa shape index (κ1) is 10.7. The van der Waals surface area contributed by atoms with Gasteiger partial charge in [0.05, 0.1) is 17.7 Å². The first-order chi connectivity index (χ1) is 7.22.